The molecule has 0 bridgehead atoms. The zero-order valence-electron chi connectivity index (χ0n) is 11.6. The molecule has 1 aromatic heterocycles. The van der Waals surface area contributed by atoms with E-state index in [2.05, 4.69) is 5.32 Å². The summed E-state index contributed by atoms with van der Waals surface area (Å²) in [5.74, 6) is -0.0622. The Labute approximate surface area is 123 Å². The summed E-state index contributed by atoms with van der Waals surface area (Å²) in [4.78, 5) is 12.2. The number of carbonyl (C=O) groups excluding carboxylic acids is 1. The fraction of sp³-hybridized carbons (Fsp3) is 0.0556. The van der Waals surface area contributed by atoms with Crippen LogP contribution in [0.1, 0.15) is 15.9 Å². The van der Waals surface area contributed by atoms with Crippen LogP contribution >= 0.6 is 0 Å². The highest BCUT2D eigenvalue weighted by Gasteiger charge is 2.06. The first-order chi connectivity index (χ1) is 10.3. The molecule has 3 heteroatoms. The van der Waals surface area contributed by atoms with E-state index in [1.807, 2.05) is 83.7 Å². The van der Waals surface area contributed by atoms with E-state index in [0.717, 1.165) is 11.3 Å². The largest absolute Gasteiger partial charge is 0.348 e. The number of rotatable bonds is 4. The molecular weight excluding hydrogens is 260 g/mol. The van der Waals surface area contributed by atoms with Crippen LogP contribution in [0.25, 0.3) is 5.69 Å². The highest BCUT2D eigenvalue weighted by Crippen LogP contribution is 2.11. The third-order valence-electron chi connectivity index (χ3n) is 3.31. The van der Waals surface area contributed by atoms with Gasteiger partial charge in [-0.2, -0.15) is 0 Å². The molecule has 21 heavy (non-hydrogen) atoms. The van der Waals surface area contributed by atoms with Crippen molar-refractivity contribution in [2.45, 2.75) is 6.54 Å². The molecule has 104 valence electrons. The number of hydrogen-bond donors (Lipinski definition) is 1. The minimum absolute atomic E-state index is 0.0622. The predicted molar refractivity (Wildman–Crippen MR) is 83.4 cm³/mol. The summed E-state index contributed by atoms with van der Waals surface area (Å²) in [6.07, 6.45) is 3.92. The first kappa shape index (κ1) is 13.2. The van der Waals surface area contributed by atoms with Crippen molar-refractivity contribution in [3.63, 3.8) is 0 Å². The Hall–Kier alpha value is -2.81. The molecule has 1 N–H and O–H groups in total. The first-order valence-corrected chi connectivity index (χ1v) is 6.88. The lowest BCUT2D eigenvalue weighted by Crippen LogP contribution is -2.22. The van der Waals surface area contributed by atoms with Gasteiger partial charge in [-0.25, -0.2) is 0 Å². The lowest BCUT2D eigenvalue weighted by molar-refractivity contribution is 0.0951. The maximum atomic E-state index is 12.2. The monoisotopic (exact) mass is 276 g/mol. The lowest BCUT2D eigenvalue weighted by atomic mass is 10.1. The van der Waals surface area contributed by atoms with Crippen LogP contribution in [0.4, 0.5) is 0 Å². The van der Waals surface area contributed by atoms with Gasteiger partial charge in [0.1, 0.15) is 0 Å². The lowest BCUT2D eigenvalue weighted by Gasteiger charge is -2.08. The van der Waals surface area contributed by atoms with Crippen LogP contribution in [0.5, 0.6) is 0 Å². The average Bonchev–Trinajstić information content (AvgIpc) is 3.08. The molecule has 3 rings (SSSR count). The second kappa shape index (κ2) is 6.09. The van der Waals surface area contributed by atoms with Gasteiger partial charge in [0, 0.05) is 30.2 Å². The van der Waals surface area contributed by atoms with Crippen LogP contribution in [0.15, 0.2) is 79.1 Å². The minimum atomic E-state index is -0.0622. The van der Waals surface area contributed by atoms with Crippen LogP contribution < -0.4 is 5.32 Å². The Bertz CT molecular complexity index is 718. The van der Waals surface area contributed by atoms with Gasteiger partial charge in [-0.1, -0.05) is 36.4 Å². The number of nitrogens with zero attached hydrogens (tertiary/aromatic N) is 1. The summed E-state index contributed by atoms with van der Waals surface area (Å²) in [5, 5.41) is 2.94. The van der Waals surface area contributed by atoms with Crippen molar-refractivity contribution < 1.29 is 4.79 Å². The molecule has 3 nitrogen and oxygen atoms in total. The topological polar surface area (TPSA) is 34.0 Å². The van der Waals surface area contributed by atoms with E-state index in [1.54, 1.807) is 0 Å². The maximum Gasteiger partial charge on any atom is 0.251 e. The quantitative estimate of drug-likeness (QED) is 0.778. The summed E-state index contributed by atoms with van der Waals surface area (Å²) in [6, 6.07) is 21.4. The van der Waals surface area contributed by atoms with Crippen molar-refractivity contribution in [2.24, 2.45) is 0 Å². The second-order valence-electron chi connectivity index (χ2n) is 4.81. The summed E-state index contributed by atoms with van der Waals surface area (Å²) in [5.41, 5.74) is 2.73. The summed E-state index contributed by atoms with van der Waals surface area (Å²) in [6.45, 7) is 0.535. The van der Waals surface area contributed by atoms with Gasteiger partial charge in [-0.3, -0.25) is 4.79 Å². The highest BCUT2D eigenvalue weighted by atomic mass is 16.1. The Morgan fingerprint density at radius 3 is 2.43 bits per heavy atom. The van der Waals surface area contributed by atoms with Crippen LogP contribution in [-0.4, -0.2) is 10.5 Å². The molecule has 0 aliphatic heterocycles. The Balaban J connectivity index is 1.72. The second-order valence-corrected chi connectivity index (χ2v) is 4.81. The molecule has 0 aliphatic carbocycles. The summed E-state index contributed by atoms with van der Waals surface area (Å²) in [7, 11) is 0. The molecule has 0 spiro atoms. The molecule has 3 aromatic rings. The van der Waals surface area contributed by atoms with E-state index in [9.17, 15) is 4.79 Å². The number of carbonyl (C=O) groups is 1. The van der Waals surface area contributed by atoms with Gasteiger partial charge < -0.3 is 9.88 Å². The standard InChI is InChI=1S/C18H16N2O/c21-18(19-14-15-7-2-1-3-8-15)16-9-6-10-17(13-16)20-11-4-5-12-20/h1-13H,14H2,(H,19,21). The fourth-order valence-electron chi connectivity index (χ4n) is 2.19. The number of hydrogen-bond acceptors (Lipinski definition) is 1. The molecule has 0 saturated carbocycles. The summed E-state index contributed by atoms with van der Waals surface area (Å²) >= 11 is 0. The van der Waals surface area contributed by atoms with E-state index in [1.165, 1.54) is 0 Å². The van der Waals surface area contributed by atoms with Gasteiger partial charge in [0.05, 0.1) is 0 Å². The van der Waals surface area contributed by atoms with Crippen LogP contribution in [0.3, 0.4) is 0 Å². The Morgan fingerprint density at radius 1 is 0.905 bits per heavy atom. The number of benzene rings is 2. The normalized spacial score (nSPS) is 10.3. The Kier molecular flexibility index (Phi) is 3.83. The predicted octanol–water partition coefficient (Wildman–Crippen LogP) is 3.41. The zero-order valence-corrected chi connectivity index (χ0v) is 11.6. The molecule has 0 saturated heterocycles. The van der Waals surface area contributed by atoms with Gasteiger partial charge >= 0.3 is 0 Å². The molecule has 0 radical (unpaired) electrons. The van der Waals surface area contributed by atoms with Gasteiger partial charge in [0.2, 0.25) is 0 Å². The van der Waals surface area contributed by atoms with Gasteiger partial charge in [-0.15, -0.1) is 0 Å². The van der Waals surface area contributed by atoms with Crippen molar-refractivity contribution in [1.82, 2.24) is 9.88 Å². The van der Waals surface area contributed by atoms with Gasteiger partial charge in [-0.05, 0) is 35.9 Å². The van der Waals surface area contributed by atoms with Gasteiger partial charge in [0.25, 0.3) is 5.91 Å². The van der Waals surface area contributed by atoms with E-state index < -0.39 is 0 Å². The molecule has 0 atom stereocenters. The molecule has 1 amide bonds. The SMILES string of the molecule is O=C(NCc1ccccc1)c1cccc(-n2cccc2)c1. The van der Waals surface area contributed by atoms with Crippen molar-refractivity contribution >= 4 is 5.91 Å². The third kappa shape index (κ3) is 3.20. The maximum absolute atomic E-state index is 12.2. The molecule has 0 fully saturated rings. The molecule has 0 unspecified atom stereocenters. The molecule has 2 aromatic carbocycles. The van der Waals surface area contributed by atoms with Crippen LogP contribution in [0.2, 0.25) is 0 Å². The zero-order chi connectivity index (χ0) is 14.5. The first-order valence-electron chi connectivity index (χ1n) is 6.88. The highest BCUT2D eigenvalue weighted by molar-refractivity contribution is 5.94. The molecule has 0 aliphatic rings. The summed E-state index contributed by atoms with van der Waals surface area (Å²) < 4.78 is 1.98. The minimum Gasteiger partial charge on any atom is -0.348 e. The van der Waals surface area contributed by atoms with Gasteiger partial charge in [0.15, 0.2) is 0 Å². The van der Waals surface area contributed by atoms with E-state index >= 15 is 0 Å². The number of nitrogens with one attached hydrogen (secondary N) is 1. The third-order valence-corrected chi connectivity index (χ3v) is 3.31. The average molecular weight is 276 g/mol. The molecule has 1 heterocycles. The fourth-order valence-corrected chi connectivity index (χ4v) is 2.19. The van der Waals surface area contributed by atoms with Crippen molar-refractivity contribution in [3.8, 4) is 5.69 Å². The van der Waals surface area contributed by atoms with Crippen LogP contribution in [0, 0.1) is 0 Å². The van der Waals surface area contributed by atoms with Crippen molar-refractivity contribution in [3.05, 3.63) is 90.3 Å². The number of amides is 1. The van der Waals surface area contributed by atoms with E-state index in [0.29, 0.717) is 12.1 Å². The van der Waals surface area contributed by atoms with E-state index in [4.69, 9.17) is 0 Å². The van der Waals surface area contributed by atoms with Crippen molar-refractivity contribution in [2.75, 3.05) is 0 Å². The van der Waals surface area contributed by atoms with E-state index in [-0.39, 0.29) is 5.91 Å². The molecular formula is C18H16N2O. The van der Waals surface area contributed by atoms with Crippen LogP contribution in [-0.2, 0) is 6.54 Å². The smallest absolute Gasteiger partial charge is 0.251 e. The van der Waals surface area contributed by atoms with Crippen molar-refractivity contribution in [1.29, 1.82) is 0 Å². The number of aromatic nitrogens is 1. The Morgan fingerprint density at radius 2 is 1.67 bits per heavy atom.